The van der Waals surface area contributed by atoms with Crippen molar-refractivity contribution >= 4 is 23.7 Å². The summed E-state index contributed by atoms with van der Waals surface area (Å²) in [6.07, 6.45) is 0. The molecule has 0 saturated heterocycles. The molecule has 0 saturated carbocycles. The maximum atomic E-state index is 11.5. The zero-order valence-electron chi connectivity index (χ0n) is 10.7. The Kier molecular flexibility index (Phi) is 4.36. The molecule has 104 valence electrons. The highest BCUT2D eigenvalue weighted by atomic mass is 32.2. The second-order valence-corrected chi connectivity index (χ2v) is 5.25. The van der Waals surface area contributed by atoms with Gasteiger partial charge in [0.05, 0.1) is 5.25 Å². The van der Waals surface area contributed by atoms with Crippen LogP contribution < -0.4 is 11.1 Å². The summed E-state index contributed by atoms with van der Waals surface area (Å²) in [4.78, 5) is 26.4. The molecule has 1 heterocycles. The Labute approximate surface area is 119 Å². The molecule has 1 aromatic heterocycles. The summed E-state index contributed by atoms with van der Waals surface area (Å²) < 4.78 is 0. The van der Waals surface area contributed by atoms with Crippen molar-refractivity contribution in [2.24, 2.45) is 5.73 Å². The van der Waals surface area contributed by atoms with Crippen LogP contribution in [0.1, 0.15) is 6.92 Å². The van der Waals surface area contributed by atoms with Crippen LogP contribution in [0.3, 0.4) is 0 Å². The number of nitrogens with one attached hydrogen (secondary N) is 2. The van der Waals surface area contributed by atoms with Crippen LogP contribution in [0.15, 0.2) is 35.5 Å². The summed E-state index contributed by atoms with van der Waals surface area (Å²) in [5.41, 5.74) is 5.79. The molecule has 0 radical (unpaired) electrons. The third-order valence-electron chi connectivity index (χ3n) is 2.41. The fourth-order valence-electron chi connectivity index (χ4n) is 1.46. The van der Waals surface area contributed by atoms with Gasteiger partial charge < -0.3 is 5.73 Å². The molecule has 0 aliphatic rings. The van der Waals surface area contributed by atoms with Crippen molar-refractivity contribution in [1.82, 2.24) is 20.5 Å². The van der Waals surface area contributed by atoms with Gasteiger partial charge in [-0.05, 0) is 6.92 Å². The van der Waals surface area contributed by atoms with Crippen LogP contribution in [0.5, 0.6) is 0 Å². The van der Waals surface area contributed by atoms with Crippen molar-refractivity contribution in [1.29, 1.82) is 0 Å². The van der Waals surface area contributed by atoms with Gasteiger partial charge in [0, 0.05) is 5.56 Å². The normalized spacial score (nSPS) is 11.8. The number of benzene rings is 1. The van der Waals surface area contributed by atoms with Gasteiger partial charge in [-0.25, -0.2) is 9.78 Å². The number of aromatic amines is 1. The van der Waals surface area contributed by atoms with E-state index in [-0.39, 0.29) is 0 Å². The van der Waals surface area contributed by atoms with Crippen LogP contribution in [0, 0.1) is 0 Å². The molecule has 20 heavy (non-hydrogen) atoms. The number of amides is 3. The van der Waals surface area contributed by atoms with Gasteiger partial charge in [0.25, 0.3) is 0 Å². The van der Waals surface area contributed by atoms with Crippen LogP contribution in [0.2, 0.25) is 0 Å². The van der Waals surface area contributed by atoms with Crippen molar-refractivity contribution in [3.05, 3.63) is 30.3 Å². The van der Waals surface area contributed by atoms with Crippen LogP contribution in [-0.4, -0.2) is 32.4 Å². The molecule has 2 rings (SSSR count). The minimum atomic E-state index is -0.873. The van der Waals surface area contributed by atoms with Crippen molar-refractivity contribution < 1.29 is 9.59 Å². The van der Waals surface area contributed by atoms with Gasteiger partial charge >= 0.3 is 6.03 Å². The number of nitrogens with zero attached hydrogens (tertiary/aromatic N) is 2. The number of carbonyl (C=O) groups is 2. The molecule has 1 atom stereocenters. The van der Waals surface area contributed by atoms with Crippen molar-refractivity contribution in [3.8, 4) is 11.4 Å². The van der Waals surface area contributed by atoms with E-state index in [0.29, 0.717) is 11.0 Å². The zero-order chi connectivity index (χ0) is 14.5. The van der Waals surface area contributed by atoms with Crippen LogP contribution >= 0.6 is 11.8 Å². The second-order valence-electron chi connectivity index (χ2n) is 3.95. The van der Waals surface area contributed by atoms with E-state index in [1.54, 1.807) is 6.92 Å². The summed E-state index contributed by atoms with van der Waals surface area (Å²) >= 11 is 1.14. The van der Waals surface area contributed by atoms with E-state index in [1.165, 1.54) is 0 Å². The lowest BCUT2D eigenvalue weighted by Gasteiger charge is -2.06. The van der Waals surface area contributed by atoms with E-state index in [0.717, 1.165) is 17.3 Å². The van der Waals surface area contributed by atoms with Crippen molar-refractivity contribution in [2.75, 3.05) is 0 Å². The van der Waals surface area contributed by atoms with E-state index in [2.05, 4.69) is 15.2 Å². The molecule has 0 aliphatic carbocycles. The SMILES string of the molecule is CC(Sc1n[nH]c(-c2ccccc2)n1)C(=O)NC(N)=O. The van der Waals surface area contributed by atoms with E-state index in [1.807, 2.05) is 35.6 Å². The predicted octanol–water partition coefficient (Wildman–Crippen LogP) is 1.15. The highest BCUT2D eigenvalue weighted by molar-refractivity contribution is 8.00. The van der Waals surface area contributed by atoms with Crippen molar-refractivity contribution in [3.63, 3.8) is 0 Å². The van der Waals surface area contributed by atoms with Crippen LogP contribution in [-0.2, 0) is 4.79 Å². The number of hydrogen-bond donors (Lipinski definition) is 3. The van der Waals surface area contributed by atoms with Gasteiger partial charge in [0.1, 0.15) is 0 Å². The Hall–Kier alpha value is -2.35. The Morgan fingerprint density at radius 1 is 1.35 bits per heavy atom. The number of hydrogen-bond acceptors (Lipinski definition) is 5. The number of thioether (sulfide) groups is 1. The minimum Gasteiger partial charge on any atom is -0.351 e. The highest BCUT2D eigenvalue weighted by Gasteiger charge is 2.18. The Morgan fingerprint density at radius 3 is 2.70 bits per heavy atom. The molecule has 1 unspecified atom stereocenters. The largest absolute Gasteiger partial charge is 0.351 e. The molecule has 4 N–H and O–H groups in total. The summed E-state index contributed by atoms with van der Waals surface area (Å²) in [5.74, 6) is 0.143. The standard InChI is InChI=1S/C12H13N5O2S/c1-7(10(18)15-11(13)19)20-12-14-9(16-17-12)8-5-3-2-4-6-8/h2-7H,1H3,(H,14,16,17)(H3,13,15,18,19). The lowest BCUT2D eigenvalue weighted by atomic mass is 10.2. The maximum absolute atomic E-state index is 11.5. The lowest BCUT2D eigenvalue weighted by Crippen LogP contribution is -2.39. The van der Waals surface area contributed by atoms with Gasteiger partial charge in [0.2, 0.25) is 11.1 Å². The number of aromatic nitrogens is 3. The molecule has 3 amide bonds. The average molecular weight is 291 g/mol. The number of nitrogens with two attached hydrogens (primary N) is 1. The third-order valence-corrected chi connectivity index (χ3v) is 3.37. The highest BCUT2D eigenvalue weighted by Crippen LogP contribution is 2.22. The van der Waals surface area contributed by atoms with Gasteiger partial charge in [-0.1, -0.05) is 42.1 Å². The molecule has 1 aromatic carbocycles. The molecular weight excluding hydrogens is 278 g/mol. The number of imide groups is 1. The van der Waals surface area contributed by atoms with Gasteiger partial charge in [0.15, 0.2) is 5.82 Å². The first-order valence-electron chi connectivity index (χ1n) is 5.81. The topological polar surface area (TPSA) is 114 Å². The summed E-state index contributed by atoms with van der Waals surface area (Å²) in [5, 5.41) is 8.74. The number of H-pyrrole nitrogens is 1. The molecule has 0 bridgehead atoms. The first-order valence-corrected chi connectivity index (χ1v) is 6.69. The van der Waals surface area contributed by atoms with E-state index in [4.69, 9.17) is 5.73 Å². The first-order chi connectivity index (χ1) is 9.56. The average Bonchev–Trinajstić information content (AvgIpc) is 2.87. The van der Waals surface area contributed by atoms with Gasteiger partial charge in [-0.2, -0.15) is 0 Å². The summed E-state index contributed by atoms with van der Waals surface area (Å²) in [7, 11) is 0. The number of rotatable bonds is 4. The fraction of sp³-hybridized carbons (Fsp3) is 0.167. The predicted molar refractivity (Wildman–Crippen MR) is 74.9 cm³/mol. The van der Waals surface area contributed by atoms with Crippen molar-refractivity contribution in [2.45, 2.75) is 17.3 Å². The molecule has 0 spiro atoms. The Morgan fingerprint density at radius 2 is 2.05 bits per heavy atom. The molecule has 8 heteroatoms. The third kappa shape index (κ3) is 3.58. The van der Waals surface area contributed by atoms with E-state index < -0.39 is 17.2 Å². The summed E-state index contributed by atoms with van der Waals surface area (Å²) in [6, 6.07) is 8.63. The molecule has 2 aromatic rings. The molecule has 0 aliphatic heterocycles. The molecule has 0 fully saturated rings. The zero-order valence-corrected chi connectivity index (χ0v) is 11.5. The first kappa shape index (κ1) is 14.1. The molecular formula is C12H13N5O2S. The second kappa shape index (κ2) is 6.20. The lowest BCUT2D eigenvalue weighted by molar-refractivity contribution is -0.119. The van der Waals surface area contributed by atoms with Crippen LogP contribution in [0.4, 0.5) is 4.79 Å². The summed E-state index contributed by atoms with van der Waals surface area (Å²) in [6.45, 7) is 1.64. The van der Waals surface area contributed by atoms with E-state index in [9.17, 15) is 9.59 Å². The monoisotopic (exact) mass is 291 g/mol. The van der Waals surface area contributed by atoms with E-state index >= 15 is 0 Å². The molecule has 7 nitrogen and oxygen atoms in total. The quantitative estimate of drug-likeness (QED) is 0.731. The Bertz CT molecular complexity index is 613. The maximum Gasteiger partial charge on any atom is 0.318 e. The number of carbonyl (C=O) groups excluding carboxylic acids is 2. The number of urea groups is 1. The minimum absolute atomic E-state index is 0.427. The smallest absolute Gasteiger partial charge is 0.318 e. The Balaban J connectivity index is 2.03. The van der Waals surface area contributed by atoms with Gasteiger partial charge in [-0.15, -0.1) is 5.10 Å². The van der Waals surface area contributed by atoms with Gasteiger partial charge in [-0.3, -0.25) is 15.2 Å². The number of primary amides is 1. The van der Waals surface area contributed by atoms with Crippen LogP contribution in [0.25, 0.3) is 11.4 Å². The fourth-order valence-corrected chi connectivity index (χ4v) is 2.18.